The Bertz CT molecular complexity index is 1260. The van der Waals surface area contributed by atoms with E-state index in [2.05, 4.69) is 14.7 Å². The van der Waals surface area contributed by atoms with Gasteiger partial charge in [-0.3, -0.25) is 14.3 Å². The van der Waals surface area contributed by atoms with Crippen LogP contribution in [0.5, 0.6) is 0 Å². The first-order valence-corrected chi connectivity index (χ1v) is 10.0. The van der Waals surface area contributed by atoms with E-state index in [1.165, 1.54) is 39.9 Å². The van der Waals surface area contributed by atoms with Crippen molar-refractivity contribution in [1.82, 2.24) is 19.6 Å². The van der Waals surface area contributed by atoms with Crippen molar-refractivity contribution in [2.45, 2.75) is 12.6 Å². The molecule has 1 amide bonds. The lowest BCUT2D eigenvalue weighted by Crippen LogP contribution is -2.37. The summed E-state index contributed by atoms with van der Waals surface area (Å²) < 4.78 is 25.9. The number of pyridine rings is 1. The number of nitrogens with one attached hydrogen (secondary N) is 1. The topological polar surface area (TPSA) is 131 Å². The van der Waals surface area contributed by atoms with Crippen LogP contribution in [-0.2, 0) is 11.3 Å². The average molecular weight is 465 g/mol. The van der Waals surface area contributed by atoms with E-state index in [4.69, 9.17) is 16.3 Å². The zero-order chi connectivity index (χ0) is 22.8. The number of aromatic nitrogens is 3. The molecule has 0 spiro atoms. The summed E-state index contributed by atoms with van der Waals surface area (Å²) in [6, 6.07) is 7.03. The highest BCUT2D eigenvalue weighted by Gasteiger charge is 2.32. The second kappa shape index (κ2) is 8.97. The van der Waals surface area contributed by atoms with Crippen LogP contribution in [0.15, 0.2) is 50.6 Å². The molecular weight excluding hydrogens is 447 g/mol. The Morgan fingerprint density at radius 2 is 2.12 bits per heavy atom. The van der Waals surface area contributed by atoms with Crippen LogP contribution in [0.25, 0.3) is 11.4 Å². The van der Waals surface area contributed by atoms with Crippen LogP contribution in [0.2, 0.25) is 5.02 Å². The Labute approximate surface area is 184 Å². The van der Waals surface area contributed by atoms with Gasteiger partial charge in [-0.25, -0.2) is 14.0 Å². The average Bonchev–Trinajstić information content (AvgIpc) is 3.07. The highest BCUT2D eigenvalue weighted by atomic mass is 35.5. The van der Waals surface area contributed by atoms with Gasteiger partial charge in [-0.1, -0.05) is 22.8 Å². The van der Waals surface area contributed by atoms with Crippen molar-refractivity contribution in [1.29, 1.82) is 0 Å². The molecule has 10 nitrogen and oxygen atoms in total. The minimum atomic E-state index is -1.12. The number of benzene rings is 1. The second-order valence-electron chi connectivity index (χ2n) is 7.31. The fourth-order valence-corrected chi connectivity index (χ4v) is 3.82. The van der Waals surface area contributed by atoms with E-state index in [0.29, 0.717) is 11.1 Å². The summed E-state index contributed by atoms with van der Waals surface area (Å²) in [5.41, 5.74) is 0.551. The first-order chi connectivity index (χ1) is 15.3. The van der Waals surface area contributed by atoms with Gasteiger partial charge in [0.05, 0.1) is 17.7 Å². The van der Waals surface area contributed by atoms with Crippen LogP contribution < -0.4 is 11.3 Å². The first kappa shape index (κ1) is 21.8. The van der Waals surface area contributed by atoms with Crippen molar-refractivity contribution in [3.05, 3.63) is 73.8 Å². The van der Waals surface area contributed by atoms with Crippen LogP contribution in [0, 0.1) is 11.7 Å². The molecule has 0 bridgehead atoms. The molecule has 32 heavy (non-hydrogen) atoms. The van der Waals surface area contributed by atoms with Gasteiger partial charge < -0.3 is 19.3 Å². The van der Waals surface area contributed by atoms with Crippen molar-refractivity contribution in [3.63, 3.8) is 0 Å². The van der Waals surface area contributed by atoms with Gasteiger partial charge in [0.15, 0.2) is 5.82 Å². The van der Waals surface area contributed by atoms with Crippen LogP contribution in [0.4, 0.5) is 9.18 Å². The third-order valence-corrected chi connectivity index (χ3v) is 5.52. The smallest absolute Gasteiger partial charge is 0.439 e. The van der Waals surface area contributed by atoms with Crippen molar-refractivity contribution < 1.29 is 23.6 Å². The lowest BCUT2D eigenvalue weighted by molar-refractivity contribution is 0.0249. The molecule has 1 saturated heterocycles. The predicted octanol–water partition coefficient (Wildman–Crippen LogP) is 2.35. The summed E-state index contributed by atoms with van der Waals surface area (Å²) in [6.07, 6.45) is -0.331. The van der Waals surface area contributed by atoms with Crippen molar-refractivity contribution in [3.8, 4) is 11.4 Å². The summed E-state index contributed by atoms with van der Waals surface area (Å²) in [7, 11) is 0. The zero-order valence-electron chi connectivity index (χ0n) is 16.5. The maximum absolute atomic E-state index is 14.1. The van der Waals surface area contributed by atoms with Crippen LogP contribution in [-0.4, -0.2) is 50.5 Å². The number of ether oxygens (including phenoxy) is 1. The van der Waals surface area contributed by atoms with Gasteiger partial charge >= 0.3 is 11.8 Å². The molecule has 12 heteroatoms. The molecule has 0 unspecified atom stereocenters. The maximum Gasteiger partial charge on any atom is 0.439 e. The van der Waals surface area contributed by atoms with Gasteiger partial charge in [-0.2, -0.15) is 0 Å². The van der Waals surface area contributed by atoms with Gasteiger partial charge in [0.2, 0.25) is 0 Å². The van der Waals surface area contributed by atoms with E-state index in [9.17, 15) is 23.9 Å². The lowest BCUT2D eigenvalue weighted by atomic mass is 9.94. The summed E-state index contributed by atoms with van der Waals surface area (Å²) in [5.74, 6) is -1.75. The van der Waals surface area contributed by atoms with E-state index in [1.54, 1.807) is 6.07 Å². The van der Waals surface area contributed by atoms with E-state index < -0.39 is 29.7 Å². The Kier molecular flexibility index (Phi) is 6.10. The monoisotopic (exact) mass is 464 g/mol. The lowest BCUT2D eigenvalue weighted by Gasteiger charge is -2.27. The molecule has 4 rings (SSSR count). The molecule has 1 aliphatic rings. The molecule has 0 saturated carbocycles. The van der Waals surface area contributed by atoms with E-state index >= 15 is 0 Å². The summed E-state index contributed by atoms with van der Waals surface area (Å²) in [5, 5.41) is 13.1. The zero-order valence-corrected chi connectivity index (χ0v) is 17.3. The van der Waals surface area contributed by atoms with Gasteiger partial charge in [-0.15, -0.1) is 0 Å². The molecule has 2 N–H and O–H groups in total. The maximum atomic E-state index is 14.1. The third-order valence-electron chi connectivity index (χ3n) is 5.21. The molecule has 168 valence electrons. The van der Waals surface area contributed by atoms with Gasteiger partial charge in [0.1, 0.15) is 5.82 Å². The first-order valence-electron chi connectivity index (χ1n) is 9.63. The minimum Gasteiger partial charge on any atom is -0.465 e. The SMILES string of the molecule is O=C(O)N1CCO[C@@H](c2ccc(Cl)c(F)c2)[C@@H](Cn2cc(-c3noc(=O)[nH]3)ccc2=O)C1. The molecule has 2 aromatic heterocycles. The molecule has 0 aliphatic carbocycles. The summed E-state index contributed by atoms with van der Waals surface area (Å²) >= 11 is 5.79. The predicted molar refractivity (Wildman–Crippen MR) is 110 cm³/mol. The summed E-state index contributed by atoms with van der Waals surface area (Å²) in [6.45, 7) is 0.357. The molecule has 1 fully saturated rings. The molecule has 1 aromatic carbocycles. The molecule has 1 aliphatic heterocycles. The van der Waals surface area contributed by atoms with E-state index in [1.807, 2.05) is 0 Å². The number of carboxylic acid groups (broad SMARTS) is 1. The molecule has 3 aromatic rings. The normalized spacial score (nSPS) is 19.0. The number of amides is 1. The Balaban J connectivity index is 1.71. The summed E-state index contributed by atoms with van der Waals surface area (Å²) in [4.78, 5) is 39.0. The third kappa shape index (κ3) is 4.58. The highest BCUT2D eigenvalue weighted by Crippen LogP contribution is 2.32. The largest absolute Gasteiger partial charge is 0.465 e. The number of hydrogen-bond acceptors (Lipinski definition) is 6. The number of hydrogen-bond donors (Lipinski definition) is 2. The van der Waals surface area contributed by atoms with Crippen LogP contribution in [0.1, 0.15) is 11.7 Å². The molecule has 0 radical (unpaired) electrons. The van der Waals surface area contributed by atoms with Gasteiger partial charge in [-0.05, 0) is 23.8 Å². The quantitative estimate of drug-likeness (QED) is 0.606. The molecular formula is C20H18ClFN4O6. The number of rotatable bonds is 4. The van der Waals surface area contributed by atoms with Crippen LogP contribution in [0.3, 0.4) is 0 Å². The highest BCUT2D eigenvalue weighted by molar-refractivity contribution is 6.30. The van der Waals surface area contributed by atoms with Crippen LogP contribution >= 0.6 is 11.6 Å². The second-order valence-corrected chi connectivity index (χ2v) is 7.71. The number of nitrogens with zero attached hydrogens (tertiary/aromatic N) is 3. The number of H-pyrrole nitrogens is 1. The Morgan fingerprint density at radius 3 is 2.81 bits per heavy atom. The van der Waals surface area contributed by atoms with Gasteiger partial charge in [0.25, 0.3) is 5.56 Å². The van der Waals surface area contributed by atoms with Crippen molar-refractivity contribution in [2.75, 3.05) is 19.7 Å². The minimum absolute atomic E-state index is 0.0448. The molecule has 2 atom stereocenters. The fraction of sp³-hybridized carbons (Fsp3) is 0.300. The Morgan fingerprint density at radius 1 is 1.31 bits per heavy atom. The number of aromatic amines is 1. The number of carbonyl (C=O) groups is 1. The van der Waals surface area contributed by atoms with E-state index in [0.717, 1.165) is 0 Å². The van der Waals surface area contributed by atoms with Gasteiger partial charge in [0, 0.05) is 43.4 Å². The van der Waals surface area contributed by atoms with Crippen molar-refractivity contribution in [2.24, 2.45) is 5.92 Å². The Hall–Kier alpha value is -3.44. The standard InChI is InChI=1S/C20H18ClFN4O6/c21-14-3-1-11(7-15(14)22)17-13(9-25(20(29)30)5-6-31-17)10-26-8-12(2-4-16(26)27)18-23-19(28)32-24-18/h1-4,7-8,13,17H,5-6,9-10H2,(H,29,30)(H,23,24,28)/t13-,17+/m1/s1. The van der Waals surface area contributed by atoms with Crippen molar-refractivity contribution >= 4 is 17.7 Å². The fourth-order valence-electron chi connectivity index (χ4n) is 3.70. The number of halogens is 2. The molecule has 3 heterocycles. The van der Waals surface area contributed by atoms with E-state index in [-0.39, 0.29) is 42.6 Å².